The van der Waals surface area contributed by atoms with Crippen LogP contribution in [0.4, 0.5) is 0 Å². The predicted octanol–water partition coefficient (Wildman–Crippen LogP) is -0.155. The number of hydrogen-bond acceptors (Lipinski definition) is 17. The molecule has 0 bridgehead atoms. The third kappa shape index (κ3) is 28.1. The summed E-state index contributed by atoms with van der Waals surface area (Å²) in [6.45, 7) is 37.3. The maximum Gasteiger partial charge on any atom is 0.248 e. The summed E-state index contributed by atoms with van der Waals surface area (Å²) in [4.78, 5) is 229. The summed E-state index contributed by atoms with van der Waals surface area (Å²) in [5, 5.41) is 35.6. The number of carbonyl (C=O) groups excluding carboxylic acids is 16. The van der Waals surface area contributed by atoms with Crippen LogP contribution in [-0.4, -0.2) is 261 Å². The molecule has 0 aromatic heterocycles. The molecule has 9 atom stereocenters. The highest BCUT2D eigenvalue weighted by atomic mass is 16.2. The number of amides is 16. The molecule has 16 amide bonds. The fourth-order valence-electron chi connectivity index (χ4n) is 15.6. The summed E-state index contributed by atoms with van der Waals surface area (Å²) in [5.41, 5.74) is -11.0. The molecule has 0 spiro atoms. The third-order valence-electron chi connectivity index (χ3n) is 22.5. The molecule has 5 rings (SSSR count). The van der Waals surface area contributed by atoms with Gasteiger partial charge in [0, 0.05) is 77.9 Å². The Morgan fingerprint density at radius 3 is 1.33 bits per heavy atom. The zero-order chi connectivity index (χ0) is 86.7. The number of carbonyl (C=O) groups is 16. The summed E-state index contributed by atoms with van der Waals surface area (Å²) < 4.78 is 0. The maximum atomic E-state index is 14.4. The lowest BCUT2D eigenvalue weighted by Crippen LogP contribution is -3.16. The highest BCUT2D eigenvalue weighted by Gasteiger charge is 2.49. The molecule has 0 saturated carbocycles. The van der Waals surface area contributed by atoms with Crippen molar-refractivity contribution in [1.29, 1.82) is 0 Å². The van der Waals surface area contributed by atoms with Crippen LogP contribution >= 0.6 is 0 Å². The standard InChI is InChI=1S/C81H140N18O16/c1-22-81(21,72(113)85-53(43-49(2)3)48-96-39-30-38-95-37-29-34-62(95)96)92-64(105)55(45-51(6)7)86-60(102)46-84-68(109)75(9,10)89-66(107)57-32-25-28-42-99(57)74(115)80(19,20)94-70(111)77(13,14)88-61(103)47-83-59(101)35-36-82-63(104)54(44-50(4)5)87-69(110)76(11,12)93-71(112)78(15,16)90-67(108)58-33-24-27-41-98(58)73(114)79(17,18)91-65(106)56-31-23-26-40-97(56)52(8)100/h49-51,53-58,62H,22-48H2,1-21H3,(H,82,104)(H,83,101)(H,84,109)(H,85,113)(H,86,102)(H,87,110)(H,88,103)(H,89,107)(H,90,108)(H,91,106)(H,92,105)(H,93,112)(H,94,111)/p+1/t53-,54-,55-,56-,57-,58-,62?,81-/m0/s1. The van der Waals surface area contributed by atoms with Gasteiger partial charge in [0.1, 0.15) is 75.1 Å². The fraction of sp³-hybridized carbons (Fsp3) is 0.802. The Morgan fingerprint density at radius 2 is 0.826 bits per heavy atom. The van der Waals surface area contributed by atoms with Crippen LogP contribution in [0.15, 0.2) is 0 Å². The van der Waals surface area contributed by atoms with Crippen LogP contribution in [0.1, 0.15) is 255 Å². The van der Waals surface area contributed by atoms with Gasteiger partial charge < -0.3 is 88.7 Å². The Labute approximate surface area is 680 Å². The minimum atomic E-state index is -1.67. The molecule has 0 aliphatic carbocycles. The lowest BCUT2D eigenvalue weighted by atomic mass is 9.93. The van der Waals surface area contributed by atoms with Gasteiger partial charge in [-0.3, -0.25) is 81.6 Å². The Bertz CT molecular complexity index is 3520. The minimum absolute atomic E-state index is 0.0558. The van der Waals surface area contributed by atoms with Gasteiger partial charge in [-0.2, -0.15) is 0 Å². The topological polar surface area (TPSA) is 447 Å². The number of nitrogens with zero attached hydrogens (tertiary/aromatic N) is 4. The van der Waals surface area contributed by atoms with Crippen molar-refractivity contribution in [2.75, 3.05) is 65.4 Å². The first-order chi connectivity index (χ1) is 53.3. The predicted molar refractivity (Wildman–Crippen MR) is 432 cm³/mol. The van der Waals surface area contributed by atoms with Crippen molar-refractivity contribution in [2.45, 2.75) is 336 Å². The van der Waals surface area contributed by atoms with E-state index in [2.05, 4.69) is 87.9 Å². The van der Waals surface area contributed by atoms with Crippen LogP contribution in [0.3, 0.4) is 0 Å². The number of rotatable bonds is 38. The van der Waals surface area contributed by atoms with Crippen molar-refractivity contribution in [1.82, 2.24) is 88.7 Å². The molecule has 650 valence electrons. The van der Waals surface area contributed by atoms with Gasteiger partial charge in [0.15, 0.2) is 0 Å². The van der Waals surface area contributed by atoms with E-state index in [0.29, 0.717) is 57.3 Å². The molecule has 0 aromatic carbocycles. The van der Waals surface area contributed by atoms with Crippen LogP contribution in [0.5, 0.6) is 0 Å². The van der Waals surface area contributed by atoms with Crippen molar-refractivity contribution >= 4 is 94.5 Å². The molecular weight excluding hydrogens is 1480 g/mol. The lowest BCUT2D eigenvalue weighted by Gasteiger charge is -2.42. The van der Waals surface area contributed by atoms with E-state index in [9.17, 15) is 76.7 Å². The van der Waals surface area contributed by atoms with Crippen LogP contribution in [-0.2, 0) is 76.7 Å². The summed E-state index contributed by atoms with van der Waals surface area (Å²) in [5.74, 6) is -9.69. The fourth-order valence-corrected chi connectivity index (χ4v) is 15.6. The number of piperidine rings is 3. The summed E-state index contributed by atoms with van der Waals surface area (Å²) >= 11 is 0. The molecule has 5 aliphatic rings. The van der Waals surface area contributed by atoms with Crippen LogP contribution in [0.2, 0.25) is 0 Å². The van der Waals surface area contributed by atoms with Crippen molar-refractivity contribution in [2.24, 2.45) is 17.8 Å². The quantitative estimate of drug-likeness (QED) is 0.0382. The highest BCUT2D eigenvalue weighted by molar-refractivity contribution is 6.02. The normalized spacial score (nSPS) is 20.5. The Kier molecular flexibility index (Phi) is 35.0. The molecule has 2 unspecified atom stereocenters. The second-order valence-corrected chi connectivity index (χ2v) is 37.0. The van der Waals surface area contributed by atoms with Crippen molar-refractivity contribution in [3.63, 3.8) is 0 Å². The molecule has 0 aromatic rings. The van der Waals surface area contributed by atoms with Gasteiger partial charge in [0.25, 0.3) is 0 Å². The summed E-state index contributed by atoms with van der Waals surface area (Å²) in [6.07, 6.45) is 9.67. The Balaban J connectivity index is 1.07. The van der Waals surface area contributed by atoms with Gasteiger partial charge in [0.2, 0.25) is 94.5 Å². The number of quaternary nitrogens is 1. The van der Waals surface area contributed by atoms with Gasteiger partial charge in [-0.1, -0.05) is 48.5 Å². The van der Waals surface area contributed by atoms with E-state index < -0.39 is 165 Å². The van der Waals surface area contributed by atoms with Gasteiger partial charge >= 0.3 is 0 Å². The lowest BCUT2D eigenvalue weighted by molar-refractivity contribution is -0.930. The third-order valence-corrected chi connectivity index (χ3v) is 22.5. The van der Waals surface area contributed by atoms with E-state index in [1.807, 2.05) is 34.6 Å². The van der Waals surface area contributed by atoms with E-state index in [-0.39, 0.29) is 87.9 Å². The molecule has 14 N–H and O–H groups in total. The molecule has 5 heterocycles. The van der Waals surface area contributed by atoms with Gasteiger partial charge in [0.05, 0.1) is 26.2 Å². The molecular formula is C81H141N18O16+. The monoisotopic (exact) mass is 1620 g/mol. The largest absolute Gasteiger partial charge is 0.354 e. The number of hydrogen-bond donors (Lipinski definition) is 14. The number of fused-ring (bicyclic) bond motifs is 1. The van der Waals surface area contributed by atoms with Gasteiger partial charge in [-0.15, -0.1) is 0 Å². The molecule has 5 fully saturated rings. The minimum Gasteiger partial charge on any atom is -0.354 e. The van der Waals surface area contributed by atoms with Crippen LogP contribution < -0.4 is 74.0 Å². The van der Waals surface area contributed by atoms with Crippen molar-refractivity contribution in [3.05, 3.63) is 0 Å². The average Bonchev–Trinajstić information content (AvgIpc) is 1.26. The van der Waals surface area contributed by atoms with E-state index in [1.165, 1.54) is 97.3 Å². The van der Waals surface area contributed by atoms with Crippen LogP contribution in [0.25, 0.3) is 0 Å². The Morgan fingerprint density at radius 1 is 0.391 bits per heavy atom. The van der Waals surface area contributed by atoms with E-state index in [1.54, 1.807) is 25.7 Å². The zero-order valence-corrected chi connectivity index (χ0v) is 72.7. The first-order valence-corrected chi connectivity index (χ1v) is 41.7. The molecule has 34 nitrogen and oxygen atoms in total. The summed E-state index contributed by atoms with van der Waals surface area (Å²) in [6, 6.07) is -5.15. The SMILES string of the molecule is CC[C@](C)(NC(=O)[C@H](CC(C)C)NC(=O)CNC(=O)C(C)(C)NC(=O)[C@@H]1CCCCN1C(=O)C(C)(C)NC(=O)C(C)(C)NC(=O)CNC(=O)CCNC(=O)[C@H](CC(C)C)NC(=O)C(C)(C)NC(=O)C(C)(C)NC(=O)[C@@H]1CCCCN1C(=O)C(C)(C)NC(=O)[C@@H]1CCCCN1C(C)=O)C(=O)N[C@@H](CC(C)C)CN1CCC[NH+]2CCCC12. The average molecular weight is 1620 g/mol. The highest BCUT2D eigenvalue weighted by Crippen LogP contribution is 2.27. The first kappa shape index (κ1) is 97.0. The first-order valence-electron chi connectivity index (χ1n) is 41.7. The molecule has 0 radical (unpaired) electrons. The molecule has 5 saturated heterocycles. The molecule has 34 heteroatoms. The smallest absolute Gasteiger partial charge is 0.248 e. The van der Waals surface area contributed by atoms with Crippen LogP contribution in [0, 0.1) is 17.8 Å². The summed E-state index contributed by atoms with van der Waals surface area (Å²) in [7, 11) is 0. The zero-order valence-electron chi connectivity index (χ0n) is 72.7. The van der Waals surface area contributed by atoms with Crippen molar-refractivity contribution < 1.29 is 81.6 Å². The van der Waals surface area contributed by atoms with E-state index in [4.69, 9.17) is 0 Å². The second kappa shape index (κ2) is 41.5. The van der Waals surface area contributed by atoms with Gasteiger partial charge in [-0.05, 0) is 191 Å². The maximum absolute atomic E-state index is 14.4. The number of likely N-dealkylation sites (tertiary alicyclic amines) is 3. The number of nitrogens with one attached hydrogen (secondary N) is 14. The van der Waals surface area contributed by atoms with E-state index in [0.717, 1.165) is 51.7 Å². The van der Waals surface area contributed by atoms with Crippen molar-refractivity contribution in [3.8, 4) is 0 Å². The molecule has 5 aliphatic heterocycles. The second-order valence-electron chi connectivity index (χ2n) is 37.0. The molecule has 115 heavy (non-hydrogen) atoms. The Hall–Kier alpha value is -8.56. The van der Waals surface area contributed by atoms with Gasteiger partial charge in [-0.25, -0.2) is 0 Å². The van der Waals surface area contributed by atoms with E-state index >= 15 is 0 Å².